The Morgan fingerprint density at radius 1 is 1.11 bits per heavy atom. The number of anilines is 2. The number of aromatic hydroxyl groups is 1. The molecule has 9 heteroatoms. The van der Waals surface area contributed by atoms with E-state index in [1.165, 1.54) is 19.2 Å². The van der Waals surface area contributed by atoms with Crippen molar-refractivity contribution in [2.24, 2.45) is 5.92 Å². The molecule has 1 heterocycles. The molecular formula is C26H22ClN3O5. The number of nitrogens with one attached hydrogen (secondary N) is 2. The summed E-state index contributed by atoms with van der Waals surface area (Å²) < 4.78 is 5.21. The third-order valence-electron chi connectivity index (χ3n) is 6.49. The Morgan fingerprint density at radius 2 is 1.83 bits per heavy atom. The van der Waals surface area contributed by atoms with Gasteiger partial charge in [-0.25, -0.2) is 0 Å². The number of nitrogens with zero attached hydrogens (tertiary/aromatic N) is 1. The van der Waals surface area contributed by atoms with Gasteiger partial charge in [-0.05, 0) is 35.4 Å². The number of halogens is 1. The SMILES string of the molecule is COc1cc([C@@H]2Nc3ccccc3NC3=C[C@@H](c4ccccc4Cl)CC(=O)[C@H]32)cc([N+](=O)[O-])c1O. The zero-order chi connectivity index (χ0) is 24.7. The van der Waals surface area contributed by atoms with Gasteiger partial charge >= 0.3 is 5.69 Å². The predicted molar refractivity (Wildman–Crippen MR) is 133 cm³/mol. The van der Waals surface area contributed by atoms with Crippen molar-refractivity contribution >= 4 is 34.4 Å². The molecule has 3 aromatic rings. The van der Waals surface area contributed by atoms with E-state index in [0.29, 0.717) is 16.3 Å². The van der Waals surface area contributed by atoms with E-state index in [1.54, 1.807) is 6.07 Å². The van der Waals surface area contributed by atoms with Crippen LogP contribution in [0.3, 0.4) is 0 Å². The van der Waals surface area contributed by atoms with Gasteiger partial charge in [-0.2, -0.15) is 0 Å². The normalized spacial score (nSPS) is 20.9. The topological polar surface area (TPSA) is 114 Å². The Hall–Kier alpha value is -4.04. The van der Waals surface area contributed by atoms with E-state index in [2.05, 4.69) is 10.6 Å². The van der Waals surface area contributed by atoms with Crippen LogP contribution in [0.2, 0.25) is 5.02 Å². The molecule has 35 heavy (non-hydrogen) atoms. The summed E-state index contributed by atoms with van der Waals surface area (Å²) >= 11 is 6.44. The summed E-state index contributed by atoms with van der Waals surface area (Å²) in [6.45, 7) is 0. The van der Waals surface area contributed by atoms with Crippen molar-refractivity contribution in [2.75, 3.05) is 17.7 Å². The molecule has 0 saturated heterocycles. The molecule has 0 spiro atoms. The van der Waals surface area contributed by atoms with Crippen LogP contribution in [0.5, 0.6) is 11.5 Å². The first-order valence-electron chi connectivity index (χ1n) is 11.0. The summed E-state index contributed by atoms with van der Waals surface area (Å²) in [6.07, 6.45) is 2.24. The molecule has 1 aliphatic heterocycles. The second-order valence-corrected chi connectivity index (χ2v) is 8.95. The molecule has 0 radical (unpaired) electrons. The molecule has 0 amide bonds. The number of allylic oxidation sites excluding steroid dienone is 1. The van der Waals surface area contributed by atoms with Crippen molar-refractivity contribution in [3.63, 3.8) is 0 Å². The summed E-state index contributed by atoms with van der Waals surface area (Å²) in [5, 5.41) is 29.3. The molecule has 5 rings (SSSR count). The molecular weight excluding hydrogens is 470 g/mol. The van der Waals surface area contributed by atoms with E-state index in [9.17, 15) is 20.0 Å². The lowest BCUT2D eigenvalue weighted by Gasteiger charge is -2.32. The van der Waals surface area contributed by atoms with Crippen molar-refractivity contribution in [1.29, 1.82) is 0 Å². The van der Waals surface area contributed by atoms with Crippen LogP contribution in [0, 0.1) is 16.0 Å². The second kappa shape index (κ2) is 8.96. The van der Waals surface area contributed by atoms with Crippen LogP contribution in [-0.2, 0) is 4.79 Å². The van der Waals surface area contributed by atoms with Crippen LogP contribution in [0.15, 0.2) is 72.4 Å². The number of ether oxygens (including phenoxy) is 1. The molecule has 0 aromatic heterocycles. The number of methoxy groups -OCH3 is 1. The number of phenolic OH excluding ortho intramolecular Hbond substituents is 1. The molecule has 178 valence electrons. The highest BCUT2D eigenvalue weighted by molar-refractivity contribution is 6.31. The third kappa shape index (κ3) is 4.06. The number of carbonyl (C=O) groups is 1. The van der Waals surface area contributed by atoms with Gasteiger partial charge in [0.1, 0.15) is 5.78 Å². The van der Waals surface area contributed by atoms with Crippen LogP contribution in [0.1, 0.15) is 29.5 Å². The predicted octanol–water partition coefficient (Wildman–Crippen LogP) is 5.80. The van der Waals surface area contributed by atoms with E-state index in [4.69, 9.17) is 16.3 Å². The molecule has 8 nitrogen and oxygen atoms in total. The summed E-state index contributed by atoms with van der Waals surface area (Å²) in [7, 11) is 1.32. The zero-order valence-corrected chi connectivity index (χ0v) is 19.5. The van der Waals surface area contributed by atoms with E-state index < -0.39 is 28.3 Å². The molecule has 3 N–H and O–H groups in total. The highest BCUT2D eigenvalue weighted by Crippen LogP contribution is 2.47. The van der Waals surface area contributed by atoms with Crippen LogP contribution >= 0.6 is 11.6 Å². The van der Waals surface area contributed by atoms with Gasteiger partial charge in [0.2, 0.25) is 5.75 Å². The lowest BCUT2D eigenvalue weighted by Crippen LogP contribution is -2.34. The average Bonchev–Trinajstić information content (AvgIpc) is 3.01. The number of nitro groups is 1. The number of nitro benzene ring substituents is 1. The Labute approximate surface area is 206 Å². The van der Waals surface area contributed by atoms with E-state index >= 15 is 0 Å². The van der Waals surface area contributed by atoms with Gasteiger partial charge in [-0.15, -0.1) is 0 Å². The number of para-hydroxylation sites is 2. The number of Topliss-reactive ketones (excluding diaryl/α,β-unsaturated/α-hetero) is 1. The van der Waals surface area contributed by atoms with Crippen LogP contribution in [-0.4, -0.2) is 22.9 Å². The number of ketones is 1. The van der Waals surface area contributed by atoms with Crippen molar-refractivity contribution in [2.45, 2.75) is 18.4 Å². The van der Waals surface area contributed by atoms with Gasteiger partial charge in [0, 0.05) is 29.1 Å². The fourth-order valence-corrected chi connectivity index (χ4v) is 5.12. The van der Waals surface area contributed by atoms with Gasteiger partial charge in [0.05, 0.1) is 35.4 Å². The van der Waals surface area contributed by atoms with Crippen molar-refractivity contribution in [3.8, 4) is 11.5 Å². The molecule has 1 aliphatic carbocycles. The fourth-order valence-electron chi connectivity index (χ4n) is 4.85. The zero-order valence-electron chi connectivity index (χ0n) is 18.7. The number of rotatable bonds is 4. The average molecular weight is 492 g/mol. The largest absolute Gasteiger partial charge is 0.500 e. The lowest BCUT2D eigenvalue weighted by molar-refractivity contribution is -0.386. The Morgan fingerprint density at radius 3 is 2.54 bits per heavy atom. The summed E-state index contributed by atoms with van der Waals surface area (Å²) in [6, 6.07) is 17.1. The Balaban J connectivity index is 1.68. The van der Waals surface area contributed by atoms with Crippen LogP contribution in [0.25, 0.3) is 0 Å². The van der Waals surface area contributed by atoms with Crippen LogP contribution < -0.4 is 15.4 Å². The number of phenols is 1. The Kier molecular flexibility index (Phi) is 5.82. The second-order valence-electron chi connectivity index (χ2n) is 8.54. The highest BCUT2D eigenvalue weighted by Gasteiger charge is 2.41. The van der Waals surface area contributed by atoms with Crippen LogP contribution in [0.4, 0.5) is 17.1 Å². The number of carbonyl (C=O) groups excluding carboxylic acids is 1. The van der Waals surface area contributed by atoms with Crippen molar-refractivity contribution in [3.05, 3.63) is 98.7 Å². The minimum absolute atomic E-state index is 0.0378. The minimum atomic E-state index is -0.670. The number of hydrogen-bond acceptors (Lipinski definition) is 7. The van der Waals surface area contributed by atoms with Gasteiger partial charge in [0.15, 0.2) is 5.75 Å². The number of hydrogen-bond donors (Lipinski definition) is 3. The standard InChI is InChI=1S/C26H22ClN3O5/c1-35-23-13-15(11-21(26(23)32)30(33)34)25-24-20(28-18-8-4-5-9-19(18)29-25)10-14(12-22(24)31)16-6-2-3-7-17(16)27/h2-11,13-14,24-25,28-29,32H,12H2,1H3/t14-,24+,25+/m1/s1. The molecule has 3 atom stereocenters. The lowest BCUT2D eigenvalue weighted by atomic mass is 9.76. The van der Waals surface area contributed by atoms with Gasteiger partial charge in [-0.3, -0.25) is 14.9 Å². The van der Waals surface area contributed by atoms with Gasteiger partial charge in [0.25, 0.3) is 0 Å². The summed E-state index contributed by atoms with van der Waals surface area (Å²) in [5.41, 5.74) is 3.02. The van der Waals surface area contributed by atoms with Gasteiger partial charge < -0.3 is 20.5 Å². The smallest absolute Gasteiger partial charge is 0.315 e. The molecule has 0 bridgehead atoms. The van der Waals surface area contributed by atoms with E-state index in [1.807, 2.05) is 48.5 Å². The summed E-state index contributed by atoms with van der Waals surface area (Å²) in [4.78, 5) is 24.6. The number of benzene rings is 3. The Bertz CT molecular complexity index is 1370. The summed E-state index contributed by atoms with van der Waals surface area (Å²) in [5.74, 6) is -1.51. The maximum absolute atomic E-state index is 13.7. The molecule has 0 unspecified atom stereocenters. The maximum Gasteiger partial charge on any atom is 0.315 e. The fraction of sp³-hybridized carbons (Fsp3) is 0.192. The highest BCUT2D eigenvalue weighted by atomic mass is 35.5. The maximum atomic E-state index is 13.7. The van der Waals surface area contributed by atoms with Crippen molar-refractivity contribution in [1.82, 2.24) is 0 Å². The van der Waals surface area contributed by atoms with E-state index in [-0.39, 0.29) is 23.9 Å². The first kappa shape index (κ1) is 22.7. The van der Waals surface area contributed by atoms with Gasteiger partial charge in [-0.1, -0.05) is 48.0 Å². The molecule has 2 aliphatic rings. The minimum Gasteiger partial charge on any atom is -0.500 e. The first-order chi connectivity index (χ1) is 16.9. The monoisotopic (exact) mass is 491 g/mol. The first-order valence-corrected chi connectivity index (χ1v) is 11.4. The molecule has 3 aromatic carbocycles. The number of fused-ring (bicyclic) bond motifs is 2. The molecule has 0 saturated carbocycles. The quantitative estimate of drug-likeness (QED) is 0.312. The van der Waals surface area contributed by atoms with E-state index in [0.717, 1.165) is 16.9 Å². The van der Waals surface area contributed by atoms with Crippen molar-refractivity contribution < 1.29 is 19.6 Å². The molecule has 0 fully saturated rings. The third-order valence-corrected chi connectivity index (χ3v) is 6.84.